The maximum Gasteiger partial charge on any atom is 0.422 e. The number of hydrogen-bond acceptors (Lipinski definition) is 8. The Balaban J connectivity index is 1.55. The molecule has 1 heterocycles. The number of alkyl halides is 3. The lowest BCUT2D eigenvalue weighted by Gasteiger charge is -2.26. The number of rotatable bonds is 7. The summed E-state index contributed by atoms with van der Waals surface area (Å²) in [6.07, 6.45) is -5.90. The fraction of sp³-hybridized carbons (Fsp3) is 0.545. The molecule has 37 heavy (non-hydrogen) atoms. The summed E-state index contributed by atoms with van der Waals surface area (Å²) in [6, 6.07) is 6.84. The van der Waals surface area contributed by atoms with Crippen LogP contribution in [-0.2, 0) is 19.4 Å². The molecule has 2 aliphatic carbocycles. The van der Waals surface area contributed by atoms with E-state index in [-0.39, 0.29) is 30.0 Å². The van der Waals surface area contributed by atoms with Gasteiger partial charge in [0.15, 0.2) is 22.7 Å². The molecule has 1 saturated heterocycles. The normalized spacial score (nSPS) is 23.4. The third-order valence-electron chi connectivity index (χ3n) is 6.45. The molecule has 1 N–H and O–H groups in total. The number of nitriles is 2. The Morgan fingerprint density at radius 1 is 1.19 bits per heavy atom. The summed E-state index contributed by atoms with van der Waals surface area (Å²) in [5.41, 5.74) is -2.39. The van der Waals surface area contributed by atoms with Crippen LogP contribution in [0.5, 0.6) is 5.75 Å². The molecule has 4 rings (SSSR count). The molecule has 3 fully saturated rings. The van der Waals surface area contributed by atoms with Crippen molar-refractivity contribution in [3.8, 4) is 17.9 Å². The van der Waals surface area contributed by atoms with Gasteiger partial charge in [-0.05, 0) is 37.8 Å². The molecule has 0 bridgehead atoms. The van der Waals surface area contributed by atoms with Crippen molar-refractivity contribution in [1.82, 2.24) is 10.2 Å². The van der Waals surface area contributed by atoms with Crippen LogP contribution in [-0.4, -0.2) is 61.7 Å². The highest BCUT2D eigenvalue weighted by Crippen LogP contribution is 2.48. The molecule has 3 aliphatic rings. The number of carbonyl (C=O) groups is 2. The molecule has 1 aliphatic heterocycles. The lowest BCUT2D eigenvalue weighted by atomic mass is 10.1. The summed E-state index contributed by atoms with van der Waals surface area (Å²) in [5.74, 6) is -0.965. The minimum absolute atomic E-state index is 0.276. The van der Waals surface area contributed by atoms with Gasteiger partial charge in [-0.3, -0.25) is 4.79 Å². The first kappa shape index (κ1) is 26.8. The first-order chi connectivity index (χ1) is 17.2. The predicted molar refractivity (Wildman–Crippen MR) is 119 cm³/mol. The van der Waals surface area contributed by atoms with Crippen LogP contribution in [0.25, 0.3) is 0 Å². The summed E-state index contributed by atoms with van der Waals surface area (Å²) >= 11 is 6.07. The zero-order valence-corrected chi connectivity index (χ0v) is 20.6. The van der Waals surface area contributed by atoms with Crippen molar-refractivity contribution in [2.75, 3.05) is 13.2 Å². The van der Waals surface area contributed by atoms with Crippen LogP contribution in [0.3, 0.4) is 0 Å². The van der Waals surface area contributed by atoms with Gasteiger partial charge in [-0.15, -0.1) is 0 Å². The van der Waals surface area contributed by atoms with Crippen LogP contribution in [0, 0.1) is 28.1 Å². The van der Waals surface area contributed by atoms with E-state index in [9.17, 15) is 36.4 Å². The number of nitrogens with zero attached hydrogens (tertiary/aromatic N) is 3. The largest absolute Gasteiger partial charge is 0.484 e. The van der Waals surface area contributed by atoms with Crippen molar-refractivity contribution in [1.29, 1.82) is 10.5 Å². The molecule has 2 atom stereocenters. The summed E-state index contributed by atoms with van der Waals surface area (Å²) in [4.78, 5) is 26.1. The maximum atomic E-state index is 13.4. The Morgan fingerprint density at radius 2 is 1.86 bits per heavy atom. The van der Waals surface area contributed by atoms with Gasteiger partial charge < -0.3 is 19.7 Å². The van der Waals surface area contributed by atoms with Gasteiger partial charge in [0.05, 0.1) is 27.3 Å². The van der Waals surface area contributed by atoms with E-state index in [0.29, 0.717) is 12.8 Å². The third-order valence-corrected chi connectivity index (χ3v) is 9.06. The highest BCUT2D eigenvalue weighted by molar-refractivity contribution is 7.92. The number of likely N-dealkylation sites (tertiary alicyclic amines) is 1. The second kappa shape index (κ2) is 9.26. The molecule has 2 amide bonds. The second-order valence-electron chi connectivity index (χ2n) is 9.23. The quantitative estimate of drug-likeness (QED) is 0.534. The van der Waals surface area contributed by atoms with Crippen molar-refractivity contribution in [2.24, 2.45) is 5.41 Å². The van der Waals surface area contributed by atoms with Crippen LogP contribution >= 0.6 is 11.6 Å². The monoisotopic (exact) mass is 560 g/mol. The molecule has 1 aromatic rings. The minimum atomic E-state index is -4.60. The topological polar surface area (TPSA) is 150 Å². The van der Waals surface area contributed by atoms with E-state index in [1.54, 1.807) is 0 Å². The summed E-state index contributed by atoms with van der Waals surface area (Å²) < 4.78 is 73.9. The van der Waals surface area contributed by atoms with Crippen LogP contribution < -0.4 is 10.1 Å². The fourth-order valence-electron chi connectivity index (χ4n) is 3.97. The van der Waals surface area contributed by atoms with Gasteiger partial charge in [-0.2, -0.15) is 23.7 Å². The number of halogens is 4. The lowest BCUT2D eigenvalue weighted by molar-refractivity contribution is -0.153. The Labute approximate surface area is 214 Å². The van der Waals surface area contributed by atoms with Gasteiger partial charge in [-0.1, -0.05) is 11.6 Å². The summed E-state index contributed by atoms with van der Waals surface area (Å²) in [5, 5.41) is 19.3. The molecular formula is C22H20ClF3N4O6S. The number of nitrogens with one attached hydrogen (secondary N) is 1. The molecule has 198 valence electrons. The molecule has 0 spiro atoms. The summed E-state index contributed by atoms with van der Waals surface area (Å²) in [7, 11) is -4.27. The van der Waals surface area contributed by atoms with Gasteiger partial charge >= 0.3 is 12.3 Å². The first-order valence-corrected chi connectivity index (χ1v) is 13.0. The maximum absolute atomic E-state index is 13.4. The molecule has 1 aromatic carbocycles. The van der Waals surface area contributed by atoms with E-state index in [1.807, 2.05) is 12.1 Å². The molecule has 0 aromatic heterocycles. The van der Waals surface area contributed by atoms with Crippen molar-refractivity contribution < 1.29 is 40.7 Å². The minimum Gasteiger partial charge on any atom is -0.484 e. The predicted octanol–water partition coefficient (Wildman–Crippen LogP) is 3.07. The number of ether oxygens (including phenoxy) is 2. The zero-order chi connectivity index (χ0) is 27.2. The Hall–Kier alpha value is -3.23. The number of hydrogen-bond donors (Lipinski definition) is 1. The lowest BCUT2D eigenvalue weighted by Crippen LogP contribution is -2.45. The van der Waals surface area contributed by atoms with Crippen molar-refractivity contribution in [3.05, 3.63) is 23.2 Å². The van der Waals surface area contributed by atoms with Crippen molar-refractivity contribution >= 4 is 33.4 Å². The smallest absolute Gasteiger partial charge is 0.422 e. The summed E-state index contributed by atoms with van der Waals surface area (Å²) in [6.45, 7) is -2.00. The van der Waals surface area contributed by atoms with Crippen LogP contribution in [0.2, 0.25) is 5.02 Å². The number of alkyl carbamates (subject to hydrolysis) is 1. The van der Waals surface area contributed by atoms with E-state index in [2.05, 4.69) is 10.1 Å². The average molecular weight is 561 g/mol. The zero-order valence-electron chi connectivity index (χ0n) is 19.0. The average Bonchev–Trinajstić information content (AvgIpc) is 3.74. The van der Waals surface area contributed by atoms with Gasteiger partial charge in [0.25, 0.3) is 0 Å². The third kappa shape index (κ3) is 5.55. The van der Waals surface area contributed by atoms with Crippen LogP contribution in [0.1, 0.15) is 32.1 Å². The molecule has 10 nitrogen and oxygen atoms in total. The number of benzene rings is 1. The Kier molecular flexibility index (Phi) is 6.71. The second-order valence-corrected chi connectivity index (χ2v) is 11.8. The first-order valence-electron chi connectivity index (χ1n) is 11.1. The van der Waals surface area contributed by atoms with Gasteiger partial charge in [0.2, 0.25) is 5.91 Å². The van der Waals surface area contributed by atoms with Gasteiger partial charge in [0.1, 0.15) is 16.7 Å². The van der Waals surface area contributed by atoms with Gasteiger partial charge in [0, 0.05) is 19.0 Å². The van der Waals surface area contributed by atoms with Crippen molar-refractivity contribution in [3.63, 3.8) is 0 Å². The van der Waals surface area contributed by atoms with Crippen molar-refractivity contribution in [2.45, 2.75) is 60.2 Å². The van der Waals surface area contributed by atoms with E-state index >= 15 is 0 Å². The molecular weight excluding hydrogens is 541 g/mol. The van der Waals surface area contributed by atoms with E-state index < -0.39 is 68.5 Å². The van der Waals surface area contributed by atoms with E-state index in [0.717, 1.165) is 23.1 Å². The molecule has 2 saturated carbocycles. The van der Waals surface area contributed by atoms with E-state index in [1.165, 1.54) is 0 Å². The number of amides is 2. The highest BCUT2D eigenvalue weighted by Gasteiger charge is 2.57. The highest BCUT2D eigenvalue weighted by atomic mass is 35.5. The Morgan fingerprint density at radius 3 is 2.38 bits per heavy atom. The molecule has 0 unspecified atom stereocenters. The van der Waals surface area contributed by atoms with Crippen LogP contribution in [0.4, 0.5) is 18.0 Å². The fourth-order valence-corrected chi connectivity index (χ4v) is 6.19. The van der Waals surface area contributed by atoms with E-state index in [4.69, 9.17) is 21.6 Å². The number of sulfone groups is 1. The van der Waals surface area contributed by atoms with Crippen LogP contribution in [0.15, 0.2) is 23.1 Å². The Bertz CT molecular complexity index is 1310. The molecule has 15 heteroatoms. The SMILES string of the molecule is N#CC1(NC(=O)O[C@H]2C[C@@H](S(=O)(=O)c3ccc(OCC(F)(F)F)cc3Cl)CN2C(=O)C2(C#N)CC2)CC1. The van der Waals surface area contributed by atoms with Gasteiger partial charge in [-0.25, -0.2) is 13.2 Å². The standard InChI is InChI=1S/C22H20ClF3N4O6S/c23-15-7-13(35-12-22(24,25)26)1-2-16(15)37(33,34)14-8-17(36-19(32)29-21(11-28)5-6-21)30(9-14)18(31)20(10-27)3-4-20/h1-2,7,14,17H,3-6,8-9,12H2,(H,29,32)/t14-,17+/m1/s1. The number of carbonyl (C=O) groups excluding carboxylic acids is 2. The molecule has 0 radical (unpaired) electrons.